The maximum Gasteiger partial charge on any atom is 0.211 e. The van der Waals surface area contributed by atoms with Crippen molar-refractivity contribution in [1.82, 2.24) is 9.71 Å². The number of nitrogens with one attached hydrogen (secondary N) is 1. The van der Waals surface area contributed by atoms with Crippen LogP contribution < -0.4 is 4.72 Å². The molecule has 0 aliphatic heterocycles. The van der Waals surface area contributed by atoms with Gasteiger partial charge in [-0.3, -0.25) is 4.98 Å². The second-order valence-corrected chi connectivity index (χ2v) is 5.99. The SMILES string of the molecule is CCCCCCS(=O)(=O)NCc1cccnc1. The topological polar surface area (TPSA) is 59.1 Å². The summed E-state index contributed by atoms with van der Waals surface area (Å²) in [5.41, 5.74) is 0.879. The van der Waals surface area contributed by atoms with E-state index in [-0.39, 0.29) is 5.75 Å². The van der Waals surface area contributed by atoms with Crippen molar-refractivity contribution in [3.63, 3.8) is 0 Å². The van der Waals surface area contributed by atoms with Crippen molar-refractivity contribution in [2.24, 2.45) is 0 Å². The molecule has 0 radical (unpaired) electrons. The van der Waals surface area contributed by atoms with Crippen molar-refractivity contribution in [3.05, 3.63) is 30.1 Å². The van der Waals surface area contributed by atoms with Gasteiger partial charge in [0.15, 0.2) is 0 Å². The van der Waals surface area contributed by atoms with E-state index in [1.165, 1.54) is 0 Å². The summed E-state index contributed by atoms with van der Waals surface area (Å²) in [7, 11) is -3.14. The quantitative estimate of drug-likeness (QED) is 0.724. The fourth-order valence-electron chi connectivity index (χ4n) is 1.49. The van der Waals surface area contributed by atoms with E-state index in [1.807, 2.05) is 6.07 Å². The van der Waals surface area contributed by atoms with Crippen LogP contribution in [0.5, 0.6) is 0 Å². The first-order valence-electron chi connectivity index (χ1n) is 6.00. The minimum atomic E-state index is -3.14. The Bertz CT molecular complexity index is 404. The molecule has 5 heteroatoms. The Morgan fingerprint density at radius 3 is 2.76 bits per heavy atom. The van der Waals surface area contributed by atoms with Gasteiger partial charge in [0.05, 0.1) is 5.75 Å². The third-order valence-corrected chi connectivity index (χ3v) is 3.90. The van der Waals surface area contributed by atoms with Crippen LogP contribution in [0.3, 0.4) is 0 Å². The van der Waals surface area contributed by atoms with Crippen molar-refractivity contribution in [2.45, 2.75) is 39.2 Å². The standard InChI is InChI=1S/C12H20N2O2S/c1-2-3-4-5-9-17(15,16)14-11-12-7-6-8-13-10-12/h6-8,10,14H,2-5,9,11H2,1H3. The van der Waals surface area contributed by atoms with Gasteiger partial charge in [0.1, 0.15) is 0 Å². The summed E-state index contributed by atoms with van der Waals surface area (Å²) in [5, 5.41) is 0. The summed E-state index contributed by atoms with van der Waals surface area (Å²) in [6, 6.07) is 3.65. The Morgan fingerprint density at radius 1 is 1.29 bits per heavy atom. The fraction of sp³-hybridized carbons (Fsp3) is 0.583. The van der Waals surface area contributed by atoms with Gasteiger partial charge in [-0.05, 0) is 18.1 Å². The van der Waals surface area contributed by atoms with Crippen molar-refractivity contribution in [2.75, 3.05) is 5.75 Å². The first-order valence-corrected chi connectivity index (χ1v) is 7.65. The van der Waals surface area contributed by atoms with Crippen LogP contribution >= 0.6 is 0 Å². The molecule has 1 rings (SSSR count). The first-order chi connectivity index (χ1) is 8.14. The van der Waals surface area contributed by atoms with E-state index in [1.54, 1.807) is 18.5 Å². The molecule has 0 saturated heterocycles. The molecule has 1 aromatic heterocycles. The molecule has 0 aromatic carbocycles. The zero-order valence-corrected chi connectivity index (χ0v) is 11.0. The van der Waals surface area contributed by atoms with Gasteiger partial charge in [-0.2, -0.15) is 0 Å². The van der Waals surface area contributed by atoms with Crippen LogP contribution in [0, 0.1) is 0 Å². The van der Waals surface area contributed by atoms with Gasteiger partial charge in [-0.15, -0.1) is 0 Å². The Labute approximate surface area is 104 Å². The highest BCUT2D eigenvalue weighted by Crippen LogP contribution is 2.02. The summed E-state index contributed by atoms with van der Waals surface area (Å²) >= 11 is 0. The van der Waals surface area contributed by atoms with Crippen LogP contribution in [0.2, 0.25) is 0 Å². The molecule has 1 N–H and O–H groups in total. The van der Waals surface area contributed by atoms with Gasteiger partial charge < -0.3 is 0 Å². The van der Waals surface area contributed by atoms with Crippen LogP contribution in [0.25, 0.3) is 0 Å². The van der Waals surface area contributed by atoms with E-state index in [0.717, 1.165) is 31.2 Å². The molecule has 0 atom stereocenters. The second kappa shape index (κ2) is 7.40. The Kier molecular flexibility index (Phi) is 6.15. The number of pyridine rings is 1. The zero-order valence-electron chi connectivity index (χ0n) is 10.2. The Morgan fingerprint density at radius 2 is 2.12 bits per heavy atom. The van der Waals surface area contributed by atoms with Gasteiger partial charge in [0, 0.05) is 18.9 Å². The van der Waals surface area contributed by atoms with Crippen LogP contribution in [0.4, 0.5) is 0 Å². The molecule has 0 aliphatic rings. The molecule has 1 aromatic rings. The summed E-state index contributed by atoms with van der Waals surface area (Å²) in [6.45, 7) is 2.43. The van der Waals surface area contributed by atoms with Gasteiger partial charge in [-0.25, -0.2) is 13.1 Å². The summed E-state index contributed by atoms with van der Waals surface area (Å²) < 4.78 is 25.9. The molecule has 0 spiro atoms. The third kappa shape index (κ3) is 6.38. The molecule has 4 nitrogen and oxygen atoms in total. The van der Waals surface area contributed by atoms with E-state index >= 15 is 0 Å². The average Bonchev–Trinajstić information content (AvgIpc) is 2.34. The lowest BCUT2D eigenvalue weighted by Gasteiger charge is -2.06. The Hall–Kier alpha value is -0.940. The molecular formula is C12H20N2O2S. The number of aromatic nitrogens is 1. The lowest BCUT2D eigenvalue weighted by Crippen LogP contribution is -2.25. The number of hydrogen-bond donors (Lipinski definition) is 1. The molecule has 0 unspecified atom stereocenters. The molecule has 0 amide bonds. The predicted molar refractivity (Wildman–Crippen MR) is 69.0 cm³/mol. The van der Waals surface area contributed by atoms with Crippen LogP contribution in [-0.2, 0) is 16.6 Å². The summed E-state index contributed by atoms with van der Waals surface area (Å²) in [4.78, 5) is 3.94. The molecule has 1 heterocycles. The summed E-state index contributed by atoms with van der Waals surface area (Å²) in [6.07, 6.45) is 7.25. The average molecular weight is 256 g/mol. The molecule has 0 bridgehead atoms. The molecule has 0 saturated carbocycles. The number of hydrogen-bond acceptors (Lipinski definition) is 3. The van der Waals surface area contributed by atoms with Gasteiger partial charge in [0.25, 0.3) is 0 Å². The fourth-order valence-corrected chi connectivity index (χ4v) is 2.60. The zero-order chi connectivity index (χ0) is 12.6. The van der Waals surface area contributed by atoms with E-state index in [9.17, 15) is 8.42 Å². The van der Waals surface area contributed by atoms with E-state index in [0.29, 0.717) is 6.54 Å². The molecule has 0 fully saturated rings. The molecule has 17 heavy (non-hydrogen) atoms. The van der Waals surface area contributed by atoms with Gasteiger partial charge >= 0.3 is 0 Å². The van der Waals surface area contributed by atoms with Gasteiger partial charge in [-0.1, -0.05) is 32.3 Å². The van der Waals surface area contributed by atoms with Gasteiger partial charge in [0.2, 0.25) is 10.0 Å². The van der Waals surface area contributed by atoms with Crippen LogP contribution in [-0.4, -0.2) is 19.2 Å². The number of nitrogens with zero attached hydrogens (tertiary/aromatic N) is 1. The molecule has 0 aliphatic carbocycles. The Balaban J connectivity index is 2.30. The van der Waals surface area contributed by atoms with Crippen molar-refractivity contribution >= 4 is 10.0 Å². The van der Waals surface area contributed by atoms with E-state index in [2.05, 4.69) is 16.6 Å². The number of unbranched alkanes of at least 4 members (excludes halogenated alkanes) is 3. The summed E-state index contributed by atoms with van der Waals surface area (Å²) in [5.74, 6) is 0.216. The van der Waals surface area contributed by atoms with Crippen LogP contribution in [0.1, 0.15) is 38.2 Å². The molecular weight excluding hydrogens is 236 g/mol. The smallest absolute Gasteiger partial charge is 0.211 e. The number of rotatable bonds is 8. The van der Waals surface area contributed by atoms with Crippen molar-refractivity contribution in [3.8, 4) is 0 Å². The number of sulfonamides is 1. The minimum absolute atomic E-state index is 0.216. The highest BCUT2D eigenvalue weighted by atomic mass is 32.2. The van der Waals surface area contributed by atoms with E-state index < -0.39 is 10.0 Å². The maximum atomic E-state index is 11.6. The highest BCUT2D eigenvalue weighted by Gasteiger charge is 2.08. The van der Waals surface area contributed by atoms with Crippen molar-refractivity contribution < 1.29 is 8.42 Å². The minimum Gasteiger partial charge on any atom is -0.264 e. The maximum absolute atomic E-state index is 11.6. The van der Waals surface area contributed by atoms with Crippen molar-refractivity contribution in [1.29, 1.82) is 0 Å². The largest absolute Gasteiger partial charge is 0.264 e. The van der Waals surface area contributed by atoms with E-state index in [4.69, 9.17) is 0 Å². The second-order valence-electron chi connectivity index (χ2n) is 4.06. The predicted octanol–water partition coefficient (Wildman–Crippen LogP) is 2.08. The monoisotopic (exact) mass is 256 g/mol. The lowest BCUT2D eigenvalue weighted by molar-refractivity contribution is 0.574. The van der Waals surface area contributed by atoms with Crippen LogP contribution in [0.15, 0.2) is 24.5 Å². The normalized spacial score (nSPS) is 11.6. The lowest BCUT2D eigenvalue weighted by atomic mass is 10.2. The first kappa shape index (κ1) is 14.1. The highest BCUT2D eigenvalue weighted by molar-refractivity contribution is 7.89. The third-order valence-electron chi connectivity index (χ3n) is 2.49. The molecule has 96 valence electrons.